The smallest absolute Gasteiger partial charge is 0.307 e. The van der Waals surface area contributed by atoms with Crippen LogP contribution in [0.15, 0.2) is 0 Å². The quantitative estimate of drug-likeness (QED) is 0.731. The Labute approximate surface area is 79.1 Å². The first-order chi connectivity index (χ1) is 5.75. The van der Waals surface area contributed by atoms with E-state index in [1.165, 1.54) is 6.92 Å². The highest BCUT2D eigenvalue weighted by molar-refractivity contribution is 5.77. The van der Waals surface area contributed by atoms with E-state index in [0.29, 0.717) is 12.8 Å². The molecule has 1 atom stereocenters. The summed E-state index contributed by atoms with van der Waals surface area (Å²) in [6.45, 7) is 7.13. The summed E-state index contributed by atoms with van der Waals surface area (Å²) in [6, 6.07) is 0. The van der Waals surface area contributed by atoms with Crippen LogP contribution in [0.1, 0.15) is 40.5 Å². The predicted octanol–water partition coefficient (Wildman–Crippen LogP) is 2.10. The van der Waals surface area contributed by atoms with Gasteiger partial charge in [0.25, 0.3) is 0 Å². The molecular weight excluding hydrogens is 168 g/mol. The standard InChI is InChI=1S/C10H18O3/c1-7(11)5-6-8(9(12)13)10(2,3)4/h8H,5-6H2,1-4H3,(H,12,13). The van der Waals surface area contributed by atoms with E-state index >= 15 is 0 Å². The Morgan fingerprint density at radius 1 is 1.31 bits per heavy atom. The van der Waals surface area contributed by atoms with Gasteiger partial charge in [-0.25, -0.2) is 0 Å². The fraction of sp³-hybridized carbons (Fsp3) is 0.800. The zero-order chi connectivity index (χ0) is 10.6. The first kappa shape index (κ1) is 12.1. The minimum Gasteiger partial charge on any atom is -0.481 e. The number of carbonyl (C=O) groups excluding carboxylic acids is 1. The number of aliphatic carboxylic acids is 1. The van der Waals surface area contributed by atoms with Gasteiger partial charge in [-0.05, 0) is 18.8 Å². The van der Waals surface area contributed by atoms with E-state index in [-0.39, 0.29) is 11.2 Å². The Balaban J connectivity index is 4.28. The molecule has 0 saturated carbocycles. The lowest BCUT2D eigenvalue weighted by Crippen LogP contribution is -2.28. The Kier molecular flexibility index (Phi) is 4.11. The molecule has 76 valence electrons. The van der Waals surface area contributed by atoms with Crippen molar-refractivity contribution in [2.45, 2.75) is 40.5 Å². The average molecular weight is 186 g/mol. The van der Waals surface area contributed by atoms with E-state index in [9.17, 15) is 9.59 Å². The fourth-order valence-corrected chi connectivity index (χ4v) is 1.27. The molecule has 0 radical (unpaired) electrons. The lowest BCUT2D eigenvalue weighted by atomic mass is 9.78. The number of rotatable bonds is 4. The van der Waals surface area contributed by atoms with Crippen molar-refractivity contribution in [3.63, 3.8) is 0 Å². The van der Waals surface area contributed by atoms with Gasteiger partial charge in [0.2, 0.25) is 0 Å². The Hall–Kier alpha value is -0.860. The second-order valence-corrected chi connectivity index (χ2v) is 4.50. The zero-order valence-electron chi connectivity index (χ0n) is 8.76. The van der Waals surface area contributed by atoms with Gasteiger partial charge in [0, 0.05) is 6.42 Å². The molecule has 1 N–H and O–H groups in total. The second-order valence-electron chi connectivity index (χ2n) is 4.50. The van der Waals surface area contributed by atoms with Gasteiger partial charge in [-0.15, -0.1) is 0 Å². The summed E-state index contributed by atoms with van der Waals surface area (Å²) >= 11 is 0. The van der Waals surface area contributed by atoms with E-state index in [4.69, 9.17) is 5.11 Å². The van der Waals surface area contributed by atoms with Gasteiger partial charge in [0.1, 0.15) is 5.78 Å². The van der Waals surface area contributed by atoms with Crippen molar-refractivity contribution in [3.8, 4) is 0 Å². The summed E-state index contributed by atoms with van der Waals surface area (Å²) < 4.78 is 0. The molecule has 0 heterocycles. The fourth-order valence-electron chi connectivity index (χ4n) is 1.27. The molecule has 0 aliphatic rings. The molecule has 0 spiro atoms. The molecule has 3 heteroatoms. The van der Waals surface area contributed by atoms with Crippen LogP contribution in [0, 0.1) is 11.3 Å². The lowest BCUT2D eigenvalue weighted by Gasteiger charge is -2.26. The summed E-state index contributed by atoms with van der Waals surface area (Å²) in [5.41, 5.74) is -0.277. The number of carboxylic acid groups (broad SMARTS) is 1. The van der Waals surface area contributed by atoms with Crippen LogP contribution in [0.4, 0.5) is 0 Å². The Morgan fingerprint density at radius 2 is 1.77 bits per heavy atom. The zero-order valence-corrected chi connectivity index (χ0v) is 8.76. The summed E-state index contributed by atoms with van der Waals surface area (Å²) in [5.74, 6) is -1.19. The Bertz CT molecular complexity index is 201. The molecule has 0 aliphatic carbocycles. The van der Waals surface area contributed by atoms with E-state index in [1.54, 1.807) is 0 Å². The SMILES string of the molecule is CC(=O)CCC(C(=O)O)C(C)(C)C. The third-order valence-corrected chi connectivity index (χ3v) is 2.13. The molecule has 0 saturated heterocycles. The maximum atomic E-state index is 10.8. The average Bonchev–Trinajstić information content (AvgIpc) is 1.81. The molecule has 0 aromatic carbocycles. The molecule has 0 amide bonds. The van der Waals surface area contributed by atoms with Crippen molar-refractivity contribution >= 4 is 11.8 Å². The van der Waals surface area contributed by atoms with Gasteiger partial charge in [-0.2, -0.15) is 0 Å². The first-order valence-electron chi connectivity index (χ1n) is 4.47. The van der Waals surface area contributed by atoms with E-state index in [2.05, 4.69) is 0 Å². The van der Waals surface area contributed by atoms with Crippen LogP contribution in [0.2, 0.25) is 0 Å². The highest BCUT2D eigenvalue weighted by Crippen LogP contribution is 2.29. The molecule has 0 aromatic heterocycles. The molecule has 0 aliphatic heterocycles. The van der Waals surface area contributed by atoms with Gasteiger partial charge >= 0.3 is 5.97 Å². The van der Waals surface area contributed by atoms with E-state index < -0.39 is 11.9 Å². The number of carboxylic acids is 1. The van der Waals surface area contributed by atoms with Crippen molar-refractivity contribution in [2.75, 3.05) is 0 Å². The van der Waals surface area contributed by atoms with Crippen LogP contribution in [-0.4, -0.2) is 16.9 Å². The number of ketones is 1. The van der Waals surface area contributed by atoms with Gasteiger partial charge < -0.3 is 9.90 Å². The van der Waals surface area contributed by atoms with Gasteiger partial charge in [-0.1, -0.05) is 20.8 Å². The lowest BCUT2D eigenvalue weighted by molar-refractivity contribution is -0.145. The van der Waals surface area contributed by atoms with Gasteiger partial charge in [0.15, 0.2) is 0 Å². The number of Topliss-reactive ketones (excluding diaryl/α,β-unsaturated/α-hetero) is 1. The Morgan fingerprint density at radius 3 is 2.00 bits per heavy atom. The van der Waals surface area contributed by atoms with Crippen molar-refractivity contribution in [3.05, 3.63) is 0 Å². The third kappa shape index (κ3) is 4.65. The molecule has 0 rings (SSSR count). The summed E-state index contributed by atoms with van der Waals surface area (Å²) in [5, 5.41) is 8.91. The van der Waals surface area contributed by atoms with Gasteiger partial charge in [-0.3, -0.25) is 4.79 Å². The van der Waals surface area contributed by atoms with Crippen LogP contribution in [-0.2, 0) is 9.59 Å². The summed E-state index contributed by atoms with van der Waals surface area (Å²) in [7, 11) is 0. The monoisotopic (exact) mass is 186 g/mol. The number of hydrogen-bond acceptors (Lipinski definition) is 2. The third-order valence-electron chi connectivity index (χ3n) is 2.13. The van der Waals surface area contributed by atoms with Crippen molar-refractivity contribution in [1.82, 2.24) is 0 Å². The topological polar surface area (TPSA) is 54.4 Å². The van der Waals surface area contributed by atoms with Gasteiger partial charge in [0.05, 0.1) is 5.92 Å². The molecule has 1 unspecified atom stereocenters. The highest BCUT2D eigenvalue weighted by atomic mass is 16.4. The number of hydrogen-bond donors (Lipinski definition) is 1. The highest BCUT2D eigenvalue weighted by Gasteiger charge is 2.30. The molecule has 0 fully saturated rings. The second kappa shape index (κ2) is 4.40. The van der Waals surface area contributed by atoms with E-state index in [0.717, 1.165) is 0 Å². The van der Waals surface area contributed by atoms with Crippen molar-refractivity contribution < 1.29 is 14.7 Å². The van der Waals surface area contributed by atoms with Crippen LogP contribution >= 0.6 is 0 Å². The number of carbonyl (C=O) groups is 2. The summed E-state index contributed by atoms with van der Waals surface area (Å²) in [4.78, 5) is 21.6. The molecule has 0 bridgehead atoms. The summed E-state index contributed by atoms with van der Waals surface area (Å²) in [6.07, 6.45) is 0.794. The molecule has 13 heavy (non-hydrogen) atoms. The predicted molar refractivity (Wildman–Crippen MR) is 50.5 cm³/mol. The van der Waals surface area contributed by atoms with Crippen molar-refractivity contribution in [2.24, 2.45) is 11.3 Å². The maximum Gasteiger partial charge on any atom is 0.307 e. The largest absolute Gasteiger partial charge is 0.481 e. The van der Waals surface area contributed by atoms with Crippen LogP contribution in [0.25, 0.3) is 0 Å². The molecular formula is C10H18O3. The van der Waals surface area contributed by atoms with Crippen LogP contribution in [0.3, 0.4) is 0 Å². The minimum absolute atomic E-state index is 0.0514. The van der Waals surface area contributed by atoms with Crippen LogP contribution in [0.5, 0.6) is 0 Å². The first-order valence-corrected chi connectivity index (χ1v) is 4.47. The maximum absolute atomic E-state index is 10.8. The normalized spacial score (nSPS) is 13.8. The molecule has 0 aromatic rings. The van der Waals surface area contributed by atoms with Crippen molar-refractivity contribution in [1.29, 1.82) is 0 Å². The molecule has 3 nitrogen and oxygen atoms in total. The van der Waals surface area contributed by atoms with E-state index in [1.807, 2.05) is 20.8 Å². The minimum atomic E-state index is -0.811. The van der Waals surface area contributed by atoms with Crippen LogP contribution < -0.4 is 0 Å².